The first kappa shape index (κ1) is 52.4. The Balaban J connectivity index is 0.00000386. The van der Waals surface area contributed by atoms with Crippen LogP contribution in [0.2, 0.25) is 0 Å². The normalized spacial score (nSPS) is 21.7. The molecule has 20 heteroatoms. The summed E-state index contributed by atoms with van der Waals surface area (Å²) < 4.78 is 54.8. The van der Waals surface area contributed by atoms with Gasteiger partial charge in [0.05, 0.1) is 118 Å². The highest BCUT2D eigenvalue weighted by atomic mass is 16.6. The van der Waals surface area contributed by atoms with Crippen molar-refractivity contribution in [2.24, 2.45) is 11.7 Å². The van der Waals surface area contributed by atoms with Crippen molar-refractivity contribution in [1.29, 1.82) is 0 Å². The Kier molecular flexibility index (Phi) is 30.6. The second-order valence-electron chi connectivity index (χ2n) is 13.2. The zero-order chi connectivity index (χ0) is 42.2. The van der Waals surface area contributed by atoms with Crippen LogP contribution >= 0.6 is 0 Å². The molecule has 6 N–H and O–H groups in total. The molecule has 0 aromatic carbocycles. The standard InChI is InChI=1S/C35H61NO17.C2H5NO/c1-44-25-27-23-35(26-38,53-34(27)33(43)30(41)24-37)6-2-7-45-9-11-47-13-15-49-17-19-51-21-22-52-20-18-50-16-14-48-12-10-46-8-5-29(40)32-28(39)3-4-31(42)36-32;1-2(3)4/h26-27,30,32-34,37,41,43H,2-25H2,1H3,(H,36,42);1H3,(H2,3,4). The van der Waals surface area contributed by atoms with Crippen LogP contribution in [0.4, 0.5) is 0 Å². The Bertz CT molecular complexity index is 1100. The third-order valence-electron chi connectivity index (χ3n) is 8.49. The first-order chi connectivity index (χ1) is 27.5. The second-order valence-corrected chi connectivity index (χ2v) is 13.2. The summed E-state index contributed by atoms with van der Waals surface area (Å²) in [6, 6.07) is -1.04. The number of rotatable bonds is 35. The number of ether oxygens (including phenoxy) is 10. The van der Waals surface area contributed by atoms with Crippen molar-refractivity contribution in [2.45, 2.75) is 75.4 Å². The summed E-state index contributed by atoms with van der Waals surface area (Å²) in [5, 5.41) is 31.8. The van der Waals surface area contributed by atoms with Gasteiger partial charge in [0.1, 0.15) is 23.9 Å². The number of nitrogens with two attached hydrogens (primary N) is 1. The number of primary amides is 1. The molecule has 0 radical (unpaired) electrons. The number of amides is 2. The van der Waals surface area contributed by atoms with Gasteiger partial charge in [0.15, 0.2) is 17.9 Å². The predicted molar refractivity (Wildman–Crippen MR) is 199 cm³/mol. The first-order valence-corrected chi connectivity index (χ1v) is 19.3. The summed E-state index contributed by atoms with van der Waals surface area (Å²) >= 11 is 0. The number of hydrogen-bond acceptors (Lipinski definition) is 18. The number of nitrogens with one attached hydrogen (secondary N) is 1. The molecule has 2 fully saturated rings. The van der Waals surface area contributed by atoms with E-state index < -0.39 is 36.6 Å². The molecule has 20 nitrogen and oxygen atoms in total. The molecule has 2 heterocycles. The summed E-state index contributed by atoms with van der Waals surface area (Å²) in [5.74, 6) is -1.52. The number of piperidine rings is 1. The van der Waals surface area contributed by atoms with Crippen LogP contribution in [0.15, 0.2) is 0 Å². The average Bonchev–Trinajstić information content (AvgIpc) is 3.56. The van der Waals surface area contributed by atoms with Crippen molar-refractivity contribution in [3.05, 3.63) is 0 Å². The Morgan fingerprint density at radius 1 is 0.807 bits per heavy atom. The van der Waals surface area contributed by atoms with E-state index in [4.69, 9.17) is 47.4 Å². The largest absolute Gasteiger partial charge is 0.394 e. The van der Waals surface area contributed by atoms with Crippen LogP contribution in [0.1, 0.15) is 45.4 Å². The Morgan fingerprint density at radius 2 is 1.25 bits per heavy atom. The fourth-order valence-electron chi connectivity index (χ4n) is 5.70. The molecule has 6 atom stereocenters. The summed E-state index contributed by atoms with van der Waals surface area (Å²) in [6.45, 7) is 7.08. The van der Waals surface area contributed by atoms with Crippen molar-refractivity contribution in [3.63, 3.8) is 0 Å². The van der Waals surface area contributed by atoms with Gasteiger partial charge in [-0.1, -0.05) is 0 Å². The van der Waals surface area contributed by atoms with E-state index in [1.807, 2.05) is 0 Å². The zero-order valence-corrected chi connectivity index (χ0v) is 33.5. The van der Waals surface area contributed by atoms with E-state index in [2.05, 4.69) is 11.1 Å². The van der Waals surface area contributed by atoms with E-state index in [0.717, 1.165) is 6.29 Å². The van der Waals surface area contributed by atoms with Gasteiger partial charge in [-0.2, -0.15) is 0 Å². The van der Waals surface area contributed by atoms with Gasteiger partial charge >= 0.3 is 0 Å². The van der Waals surface area contributed by atoms with E-state index in [1.165, 1.54) is 14.0 Å². The molecule has 2 rings (SSSR count). The summed E-state index contributed by atoms with van der Waals surface area (Å²) in [5.41, 5.74) is 3.36. The molecule has 0 aromatic heterocycles. The Morgan fingerprint density at radius 3 is 1.67 bits per heavy atom. The highest BCUT2D eigenvalue weighted by Gasteiger charge is 2.49. The highest BCUT2D eigenvalue weighted by Crippen LogP contribution is 2.39. The van der Waals surface area contributed by atoms with Gasteiger partial charge in [0, 0.05) is 45.8 Å². The van der Waals surface area contributed by atoms with E-state index in [-0.39, 0.29) is 61.8 Å². The van der Waals surface area contributed by atoms with Gasteiger partial charge in [-0.25, -0.2) is 0 Å². The number of methoxy groups -OCH3 is 1. The lowest BCUT2D eigenvalue weighted by molar-refractivity contribution is -0.150. The average molecular weight is 827 g/mol. The van der Waals surface area contributed by atoms with Gasteiger partial charge in [0.2, 0.25) is 11.8 Å². The molecule has 332 valence electrons. The molecule has 6 unspecified atom stereocenters. The molecular weight excluding hydrogens is 760 g/mol. The van der Waals surface area contributed by atoms with Gasteiger partial charge in [-0.15, -0.1) is 0 Å². The third kappa shape index (κ3) is 24.8. The van der Waals surface area contributed by atoms with Gasteiger partial charge < -0.3 is 78.5 Å². The minimum atomic E-state index is -1.37. The smallest absolute Gasteiger partial charge is 0.221 e. The molecule has 2 amide bonds. The van der Waals surface area contributed by atoms with Crippen LogP contribution in [-0.2, 0) is 71.3 Å². The summed E-state index contributed by atoms with van der Waals surface area (Å²) in [4.78, 5) is 56.3. The minimum Gasteiger partial charge on any atom is -0.394 e. The van der Waals surface area contributed by atoms with Crippen LogP contribution in [0.3, 0.4) is 0 Å². The van der Waals surface area contributed by atoms with Crippen LogP contribution in [-0.4, -0.2) is 201 Å². The molecule has 57 heavy (non-hydrogen) atoms. The quantitative estimate of drug-likeness (QED) is 0.0260. The molecule has 2 aliphatic rings. The number of carbonyl (C=O) groups is 5. The fraction of sp³-hybridized carbons (Fsp3) is 0.865. The lowest BCUT2D eigenvalue weighted by Gasteiger charge is -2.28. The predicted octanol–water partition coefficient (Wildman–Crippen LogP) is -2.10. The zero-order valence-electron chi connectivity index (χ0n) is 33.5. The summed E-state index contributed by atoms with van der Waals surface area (Å²) in [7, 11) is 1.51. The van der Waals surface area contributed by atoms with E-state index >= 15 is 0 Å². The molecule has 0 aliphatic carbocycles. The number of hydrogen-bond donors (Lipinski definition) is 5. The lowest BCUT2D eigenvalue weighted by atomic mass is 9.88. The maximum absolute atomic E-state index is 12.1. The topological polar surface area (TPSA) is 276 Å². The Labute approximate surface area is 334 Å². The molecular formula is C37H66N2O18. The van der Waals surface area contributed by atoms with Crippen molar-refractivity contribution in [1.82, 2.24) is 5.32 Å². The van der Waals surface area contributed by atoms with Crippen LogP contribution in [0, 0.1) is 5.92 Å². The number of Topliss-reactive ketones (excluding diaryl/α,β-unsaturated/α-hetero) is 2. The number of aliphatic hydroxyl groups is 3. The van der Waals surface area contributed by atoms with Gasteiger partial charge in [-0.3, -0.25) is 19.2 Å². The summed E-state index contributed by atoms with van der Waals surface area (Å²) in [6.07, 6.45) is -1.25. The van der Waals surface area contributed by atoms with Crippen molar-refractivity contribution in [2.75, 3.05) is 126 Å². The number of aldehydes is 1. The monoisotopic (exact) mass is 826 g/mol. The molecule has 2 saturated heterocycles. The Hall–Kier alpha value is -2.57. The maximum Gasteiger partial charge on any atom is 0.221 e. The molecule has 0 saturated carbocycles. The van der Waals surface area contributed by atoms with Crippen LogP contribution < -0.4 is 11.1 Å². The van der Waals surface area contributed by atoms with Crippen LogP contribution in [0.5, 0.6) is 0 Å². The first-order valence-electron chi connectivity index (χ1n) is 19.3. The lowest BCUT2D eigenvalue weighted by Crippen LogP contribution is -2.50. The van der Waals surface area contributed by atoms with Crippen molar-refractivity contribution in [3.8, 4) is 0 Å². The molecule has 0 spiro atoms. The second kappa shape index (κ2) is 33.3. The van der Waals surface area contributed by atoms with Crippen molar-refractivity contribution < 1.29 is 86.7 Å². The van der Waals surface area contributed by atoms with Crippen LogP contribution in [0.25, 0.3) is 0 Å². The van der Waals surface area contributed by atoms with E-state index in [0.29, 0.717) is 118 Å². The molecule has 0 bridgehead atoms. The van der Waals surface area contributed by atoms with Gasteiger partial charge in [-0.05, 0) is 19.3 Å². The SMILES string of the molecule is CC(N)=O.COCC1CC(C=O)(CCCOCCOCCOCCOCCOCCOCCOCCOCCC(=O)C2NC(=O)CCC2=O)OC1C(O)C(O)CO. The third-order valence-corrected chi connectivity index (χ3v) is 8.49. The molecule has 2 aliphatic heterocycles. The molecule has 0 aromatic rings. The number of aliphatic hydroxyl groups excluding tert-OH is 3. The minimum absolute atomic E-state index is 0.0511. The number of ketones is 2. The highest BCUT2D eigenvalue weighted by molar-refractivity contribution is 6.11. The number of carbonyl (C=O) groups excluding carboxylic acids is 5. The van der Waals surface area contributed by atoms with E-state index in [1.54, 1.807) is 0 Å². The van der Waals surface area contributed by atoms with E-state index in [9.17, 15) is 39.3 Å². The van der Waals surface area contributed by atoms with Crippen molar-refractivity contribution >= 4 is 29.7 Å². The fourth-order valence-corrected chi connectivity index (χ4v) is 5.70. The van der Waals surface area contributed by atoms with Gasteiger partial charge in [0.25, 0.3) is 0 Å². The maximum atomic E-state index is 12.1.